The summed E-state index contributed by atoms with van der Waals surface area (Å²) in [4.78, 5) is 4.53. The molecule has 2 N–H and O–H groups in total. The Morgan fingerprint density at radius 1 is 1.11 bits per heavy atom. The molecule has 0 saturated carbocycles. The first-order chi connectivity index (χ1) is 12.8. The standard InChI is InChI=1S/C20H24FN3O2.HI/c1-2-22-20(23-11-10-15-6-3-4-7-17(15)21)24-16-8-9-18-19(14-16)26-13-5-12-25-18;/h3-4,6-9,14H,2,5,10-13H2,1H3,(H2,22,23,24);1H. The van der Waals surface area contributed by atoms with Crippen LogP contribution in [0.5, 0.6) is 11.5 Å². The SMILES string of the molecule is CCNC(=NCCc1ccccc1F)Nc1ccc2c(c1)OCCCO2.I. The number of aliphatic imine (C=N–C) groups is 1. The van der Waals surface area contributed by atoms with Crippen molar-refractivity contribution in [2.45, 2.75) is 19.8 Å². The minimum Gasteiger partial charge on any atom is -0.490 e. The number of hydrogen-bond donors (Lipinski definition) is 2. The van der Waals surface area contributed by atoms with Gasteiger partial charge in [0.25, 0.3) is 0 Å². The quantitative estimate of drug-likeness (QED) is 0.378. The fourth-order valence-electron chi connectivity index (χ4n) is 2.67. The van der Waals surface area contributed by atoms with Gasteiger partial charge in [0.1, 0.15) is 5.82 Å². The Hall–Kier alpha value is -2.03. The van der Waals surface area contributed by atoms with E-state index in [4.69, 9.17) is 9.47 Å². The van der Waals surface area contributed by atoms with Gasteiger partial charge in [-0.3, -0.25) is 4.99 Å². The number of nitrogens with one attached hydrogen (secondary N) is 2. The first kappa shape index (κ1) is 21.3. The maximum absolute atomic E-state index is 13.7. The molecule has 27 heavy (non-hydrogen) atoms. The van der Waals surface area contributed by atoms with Gasteiger partial charge in [-0.05, 0) is 37.1 Å². The third kappa shape index (κ3) is 6.27. The van der Waals surface area contributed by atoms with Gasteiger partial charge < -0.3 is 20.1 Å². The number of anilines is 1. The molecule has 0 amide bonds. The maximum Gasteiger partial charge on any atom is 0.195 e. The average molecular weight is 485 g/mol. The molecule has 1 aliphatic rings. The lowest BCUT2D eigenvalue weighted by atomic mass is 10.1. The van der Waals surface area contributed by atoms with Crippen LogP contribution in [0.2, 0.25) is 0 Å². The minimum absolute atomic E-state index is 0. The van der Waals surface area contributed by atoms with Gasteiger partial charge in [-0.1, -0.05) is 18.2 Å². The molecule has 2 aromatic rings. The summed E-state index contributed by atoms with van der Waals surface area (Å²) in [6, 6.07) is 12.5. The summed E-state index contributed by atoms with van der Waals surface area (Å²) in [6.45, 7) is 4.53. The zero-order chi connectivity index (χ0) is 18.2. The third-order valence-corrected chi connectivity index (χ3v) is 3.96. The summed E-state index contributed by atoms with van der Waals surface area (Å²) in [5, 5.41) is 6.46. The van der Waals surface area contributed by atoms with Crippen LogP contribution in [0.1, 0.15) is 18.9 Å². The first-order valence-corrected chi connectivity index (χ1v) is 8.94. The molecule has 3 rings (SSSR count). The van der Waals surface area contributed by atoms with E-state index in [1.165, 1.54) is 6.07 Å². The van der Waals surface area contributed by atoms with E-state index in [1.807, 2.05) is 31.2 Å². The van der Waals surface area contributed by atoms with Gasteiger partial charge >= 0.3 is 0 Å². The molecule has 0 fully saturated rings. The molecule has 0 atom stereocenters. The van der Waals surface area contributed by atoms with Crippen LogP contribution in [0.3, 0.4) is 0 Å². The van der Waals surface area contributed by atoms with Crippen molar-refractivity contribution < 1.29 is 13.9 Å². The van der Waals surface area contributed by atoms with E-state index < -0.39 is 0 Å². The number of ether oxygens (including phenoxy) is 2. The van der Waals surface area contributed by atoms with Gasteiger partial charge in [-0.15, -0.1) is 24.0 Å². The molecule has 0 radical (unpaired) electrons. The Morgan fingerprint density at radius 3 is 2.67 bits per heavy atom. The first-order valence-electron chi connectivity index (χ1n) is 8.94. The van der Waals surface area contributed by atoms with Gasteiger partial charge in [0.2, 0.25) is 0 Å². The Balaban J connectivity index is 0.00000261. The lowest BCUT2D eigenvalue weighted by Crippen LogP contribution is -2.30. The average Bonchev–Trinajstić information content (AvgIpc) is 2.88. The zero-order valence-electron chi connectivity index (χ0n) is 15.3. The van der Waals surface area contributed by atoms with Crippen LogP contribution in [-0.4, -0.2) is 32.3 Å². The van der Waals surface area contributed by atoms with E-state index in [1.54, 1.807) is 12.1 Å². The van der Waals surface area contributed by atoms with Gasteiger partial charge in [-0.2, -0.15) is 0 Å². The highest BCUT2D eigenvalue weighted by atomic mass is 127. The van der Waals surface area contributed by atoms with E-state index in [0.717, 1.165) is 30.2 Å². The summed E-state index contributed by atoms with van der Waals surface area (Å²) in [5.74, 6) is 1.95. The molecule has 2 aromatic carbocycles. The van der Waals surface area contributed by atoms with Gasteiger partial charge in [-0.25, -0.2) is 4.39 Å². The topological polar surface area (TPSA) is 54.9 Å². The molecule has 1 aliphatic heterocycles. The number of hydrogen-bond acceptors (Lipinski definition) is 3. The fourth-order valence-corrected chi connectivity index (χ4v) is 2.67. The van der Waals surface area contributed by atoms with Crippen molar-refractivity contribution in [3.05, 3.63) is 53.8 Å². The van der Waals surface area contributed by atoms with Crippen LogP contribution in [0, 0.1) is 5.82 Å². The van der Waals surface area contributed by atoms with Gasteiger partial charge in [0.15, 0.2) is 17.5 Å². The van der Waals surface area contributed by atoms with Crippen molar-refractivity contribution in [2.24, 2.45) is 4.99 Å². The number of guanidine groups is 1. The summed E-state index contributed by atoms with van der Waals surface area (Å²) in [7, 11) is 0. The highest BCUT2D eigenvalue weighted by Gasteiger charge is 2.11. The predicted octanol–water partition coefficient (Wildman–Crippen LogP) is 4.23. The summed E-state index contributed by atoms with van der Waals surface area (Å²) < 4.78 is 25.1. The molecule has 0 spiro atoms. The number of halogens is 2. The summed E-state index contributed by atoms with van der Waals surface area (Å²) in [5.41, 5.74) is 1.53. The molecule has 0 aliphatic carbocycles. The highest BCUT2D eigenvalue weighted by Crippen LogP contribution is 2.32. The normalized spacial score (nSPS) is 13.3. The molecule has 0 aromatic heterocycles. The number of fused-ring (bicyclic) bond motifs is 1. The summed E-state index contributed by atoms with van der Waals surface area (Å²) >= 11 is 0. The van der Waals surface area contributed by atoms with Crippen molar-refractivity contribution in [1.29, 1.82) is 0 Å². The van der Waals surface area contributed by atoms with Crippen molar-refractivity contribution in [3.8, 4) is 11.5 Å². The third-order valence-electron chi connectivity index (χ3n) is 3.96. The van der Waals surface area contributed by atoms with E-state index in [9.17, 15) is 4.39 Å². The predicted molar refractivity (Wildman–Crippen MR) is 117 cm³/mol. The van der Waals surface area contributed by atoms with Gasteiger partial charge in [0, 0.05) is 31.3 Å². The molecule has 7 heteroatoms. The summed E-state index contributed by atoms with van der Waals surface area (Å²) in [6.07, 6.45) is 1.42. The lowest BCUT2D eigenvalue weighted by Gasteiger charge is -2.13. The van der Waals surface area contributed by atoms with E-state index in [0.29, 0.717) is 37.7 Å². The van der Waals surface area contributed by atoms with Crippen molar-refractivity contribution in [2.75, 3.05) is 31.6 Å². The Kier molecular flexibility index (Phi) is 8.63. The molecular weight excluding hydrogens is 460 g/mol. The smallest absolute Gasteiger partial charge is 0.195 e. The van der Waals surface area contributed by atoms with E-state index in [2.05, 4.69) is 15.6 Å². The van der Waals surface area contributed by atoms with Crippen LogP contribution < -0.4 is 20.1 Å². The van der Waals surface area contributed by atoms with Crippen LogP contribution in [0.25, 0.3) is 0 Å². The van der Waals surface area contributed by atoms with E-state index >= 15 is 0 Å². The maximum atomic E-state index is 13.7. The number of benzene rings is 2. The van der Waals surface area contributed by atoms with Crippen molar-refractivity contribution in [3.63, 3.8) is 0 Å². The molecule has 5 nitrogen and oxygen atoms in total. The highest BCUT2D eigenvalue weighted by molar-refractivity contribution is 14.0. The molecule has 1 heterocycles. The molecular formula is C20H25FIN3O2. The van der Waals surface area contributed by atoms with Crippen LogP contribution >= 0.6 is 24.0 Å². The Labute approximate surface area is 176 Å². The molecule has 0 unspecified atom stereocenters. The molecule has 146 valence electrons. The van der Waals surface area contributed by atoms with Crippen LogP contribution in [0.15, 0.2) is 47.5 Å². The zero-order valence-corrected chi connectivity index (χ0v) is 17.7. The fraction of sp³-hybridized carbons (Fsp3) is 0.350. The second-order valence-electron chi connectivity index (χ2n) is 5.94. The van der Waals surface area contributed by atoms with Crippen LogP contribution in [0.4, 0.5) is 10.1 Å². The van der Waals surface area contributed by atoms with Gasteiger partial charge in [0.05, 0.1) is 13.2 Å². The van der Waals surface area contributed by atoms with Crippen molar-refractivity contribution >= 4 is 35.6 Å². The monoisotopic (exact) mass is 485 g/mol. The Bertz CT molecular complexity index is 771. The minimum atomic E-state index is -0.191. The second kappa shape index (κ2) is 11.0. The van der Waals surface area contributed by atoms with Crippen molar-refractivity contribution in [1.82, 2.24) is 5.32 Å². The van der Waals surface area contributed by atoms with E-state index in [-0.39, 0.29) is 29.8 Å². The number of rotatable bonds is 5. The van der Waals surface area contributed by atoms with Crippen LogP contribution in [-0.2, 0) is 6.42 Å². The lowest BCUT2D eigenvalue weighted by molar-refractivity contribution is 0.297. The second-order valence-corrected chi connectivity index (χ2v) is 5.94. The number of nitrogens with zero attached hydrogens (tertiary/aromatic N) is 1. The largest absolute Gasteiger partial charge is 0.490 e. The molecule has 0 saturated heterocycles. The Morgan fingerprint density at radius 2 is 1.89 bits per heavy atom. The molecule has 0 bridgehead atoms.